The maximum Gasteiger partial charge on any atom is 0.269 e. The maximum atomic E-state index is 10.7. The van der Waals surface area contributed by atoms with Crippen LogP contribution < -0.4 is 0 Å². The van der Waals surface area contributed by atoms with E-state index < -0.39 is 0 Å². The Labute approximate surface area is 120 Å². The minimum absolute atomic E-state index is 0.113. The molecule has 0 saturated heterocycles. The van der Waals surface area contributed by atoms with Crippen molar-refractivity contribution in [2.24, 2.45) is 11.8 Å². The van der Waals surface area contributed by atoms with E-state index in [0.717, 1.165) is 24.8 Å². The maximum absolute atomic E-state index is 10.7. The first-order valence-corrected chi connectivity index (χ1v) is 7.25. The first-order chi connectivity index (χ1) is 9.32. The van der Waals surface area contributed by atoms with Crippen LogP contribution in [0.25, 0.3) is 0 Å². The van der Waals surface area contributed by atoms with Crippen molar-refractivity contribution >= 4 is 5.69 Å². The summed E-state index contributed by atoms with van der Waals surface area (Å²) in [6.45, 7) is 6.42. The molecule has 0 spiro atoms. The van der Waals surface area contributed by atoms with E-state index in [0.29, 0.717) is 5.92 Å². The Bertz CT molecular complexity index is 481. The van der Waals surface area contributed by atoms with Crippen molar-refractivity contribution in [1.82, 2.24) is 0 Å². The fraction of sp³-hybridized carbons (Fsp3) is 0.625. The lowest BCUT2D eigenvalue weighted by molar-refractivity contribution is -0.384. The summed E-state index contributed by atoms with van der Waals surface area (Å²) in [5, 5.41) is 21.1. The number of nitro benzene ring substituents is 1. The lowest BCUT2D eigenvalue weighted by Gasteiger charge is -2.42. The highest BCUT2D eigenvalue weighted by atomic mass is 16.6. The highest BCUT2D eigenvalue weighted by Gasteiger charge is 2.39. The summed E-state index contributed by atoms with van der Waals surface area (Å²) in [4.78, 5) is 10.3. The van der Waals surface area contributed by atoms with Gasteiger partial charge >= 0.3 is 0 Å². The molecule has 0 unspecified atom stereocenters. The van der Waals surface area contributed by atoms with E-state index in [1.807, 2.05) is 12.1 Å². The molecule has 20 heavy (non-hydrogen) atoms. The number of hydrogen-bond donors (Lipinski definition) is 1. The van der Waals surface area contributed by atoms with Crippen LogP contribution in [0.2, 0.25) is 0 Å². The van der Waals surface area contributed by atoms with Crippen molar-refractivity contribution in [2.45, 2.75) is 51.6 Å². The molecule has 3 atom stereocenters. The summed E-state index contributed by atoms with van der Waals surface area (Å²) in [7, 11) is 0. The van der Waals surface area contributed by atoms with Gasteiger partial charge in [0.15, 0.2) is 0 Å². The lowest BCUT2D eigenvalue weighted by atomic mass is 9.64. The van der Waals surface area contributed by atoms with Gasteiger partial charge in [-0.3, -0.25) is 10.1 Å². The Balaban J connectivity index is 2.22. The monoisotopic (exact) mass is 277 g/mol. The number of aliphatic hydroxyl groups excluding tert-OH is 1. The van der Waals surface area contributed by atoms with E-state index in [1.54, 1.807) is 12.1 Å². The van der Waals surface area contributed by atoms with E-state index in [4.69, 9.17) is 0 Å². The van der Waals surface area contributed by atoms with Gasteiger partial charge in [-0.15, -0.1) is 0 Å². The van der Waals surface area contributed by atoms with E-state index in [2.05, 4.69) is 20.8 Å². The molecule has 1 aromatic carbocycles. The second-order valence-corrected chi connectivity index (χ2v) is 6.62. The normalized spacial score (nSPS) is 27.3. The third-order valence-corrected chi connectivity index (χ3v) is 4.83. The second-order valence-electron chi connectivity index (χ2n) is 6.62. The minimum Gasteiger partial charge on any atom is -0.393 e. The zero-order valence-electron chi connectivity index (χ0n) is 12.4. The largest absolute Gasteiger partial charge is 0.393 e. The van der Waals surface area contributed by atoms with Crippen LogP contribution >= 0.6 is 0 Å². The molecular weight excluding hydrogens is 254 g/mol. The van der Waals surface area contributed by atoms with Crippen LogP contribution in [0.15, 0.2) is 24.3 Å². The summed E-state index contributed by atoms with van der Waals surface area (Å²) in [6.07, 6.45) is 2.70. The van der Waals surface area contributed by atoms with Crippen LogP contribution in [0.5, 0.6) is 0 Å². The molecule has 0 aliphatic heterocycles. The molecule has 1 aliphatic rings. The molecule has 4 heteroatoms. The fourth-order valence-corrected chi connectivity index (χ4v) is 3.42. The van der Waals surface area contributed by atoms with Gasteiger partial charge in [-0.1, -0.05) is 39.3 Å². The molecule has 4 nitrogen and oxygen atoms in total. The van der Waals surface area contributed by atoms with Gasteiger partial charge in [-0.05, 0) is 35.7 Å². The van der Waals surface area contributed by atoms with Crippen molar-refractivity contribution in [3.8, 4) is 0 Å². The van der Waals surface area contributed by atoms with Crippen LogP contribution in [-0.2, 0) is 5.41 Å². The van der Waals surface area contributed by atoms with E-state index >= 15 is 0 Å². The van der Waals surface area contributed by atoms with E-state index in [-0.39, 0.29) is 28.0 Å². The number of hydrogen-bond acceptors (Lipinski definition) is 3. The average molecular weight is 277 g/mol. The molecule has 1 fully saturated rings. The number of non-ortho nitro benzene ring substituents is 1. The van der Waals surface area contributed by atoms with Crippen LogP contribution in [0.3, 0.4) is 0 Å². The SMILES string of the molecule is C[C@@H]1CC[C@@H](C(C)(C)c2ccc([N+](=O)[O-])cc2)[C@H](O)C1. The van der Waals surface area contributed by atoms with Gasteiger partial charge in [0.05, 0.1) is 11.0 Å². The highest BCUT2D eigenvalue weighted by molar-refractivity contribution is 5.36. The number of rotatable bonds is 3. The van der Waals surface area contributed by atoms with Crippen molar-refractivity contribution in [3.63, 3.8) is 0 Å². The van der Waals surface area contributed by atoms with Gasteiger partial charge in [-0.25, -0.2) is 0 Å². The highest BCUT2D eigenvalue weighted by Crippen LogP contribution is 2.42. The molecule has 1 N–H and O–H groups in total. The molecule has 1 saturated carbocycles. The van der Waals surface area contributed by atoms with E-state index in [1.165, 1.54) is 0 Å². The van der Waals surface area contributed by atoms with Gasteiger partial charge in [-0.2, -0.15) is 0 Å². The van der Waals surface area contributed by atoms with Crippen LogP contribution in [-0.4, -0.2) is 16.1 Å². The molecule has 0 heterocycles. The summed E-state index contributed by atoms with van der Waals surface area (Å²) in [6, 6.07) is 6.75. The molecule has 0 bridgehead atoms. The number of aliphatic hydroxyl groups is 1. The van der Waals surface area contributed by atoms with Crippen LogP contribution in [0.1, 0.15) is 45.6 Å². The van der Waals surface area contributed by atoms with Gasteiger partial charge in [0.1, 0.15) is 0 Å². The van der Waals surface area contributed by atoms with Gasteiger partial charge in [0.2, 0.25) is 0 Å². The minimum atomic E-state index is -0.381. The molecule has 0 amide bonds. The van der Waals surface area contributed by atoms with Gasteiger partial charge in [0.25, 0.3) is 5.69 Å². The number of nitrogens with zero attached hydrogens (tertiary/aromatic N) is 1. The Kier molecular flexibility index (Phi) is 4.14. The molecule has 2 rings (SSSR count). The Morgan fingerprint density at radius 2 is 1.85 bits per heavy atom. The standard InChI is InChI=1S/C16H23NO3/c1-11-4-9-14(15(18)10-11)16(2,3)12-5-7-13(8-6-12)17(19)20/h5-8,11,14-15,18H,4,9-10H2,1-3H3/t11-,14-,15-/m1/s1. The molecule has 110 valence electrons. The first-order valence-electron chi connectivity index (χ1n) is 7.25. The predicted molar refractivity (Wildman–Crippen MR) is 78.6 cm³/mol. The molecule has 0 aromatic heterocycles. The zero-order chi connectivity index (χ0) is 14.9. The molecular formula is C16H23NO3. The smallest absolute Gasteiger partial charge is 0.269 e. The molecule has 1 aliphatic carbocycles. The predicted octanol–water partition coefficient (Wildman–Crippen LogP) is 3.67. The van der Waals surface area contributed by atoms with Crippen LogP contribution in [0.4, 0.5) is 5.69 Å². The first kappa shape index (κ1) is 15.0. The van der Waals surface area contributed by atoms with Gasteiger partial charge in [0, 0.05) is 12.1 Å². The van der Waals surface area contributed by atoms with E-state index in [9.17, 15) is 15.2 Å². The third kappa shape index (κ3) is 2.85. The average Bonchev–Trinajstić information content (AvgIpc) is 2.38. The third-order valence-electron chi connectivity index (χ3n) is 4.83. The molecule has 0 radical (unpaired) electrons. The van der Waals surface area contributed by atoms with Crippen molar-refractivity contribution in [3.05, 3.63) is 39.9 Å². The second kappa shape index (κ2) is 5.52. The van der Waals surface area contributed by atoms with Crippen LogP contribution in [0, 0.1) is 22.0 Å². The van der Waals surface area contributed by atoms with Crippen molar-refractivity contribution in [1.29, 1.82) is 0 Å². The topological polar surface area (TPSA) is 63.4 Å². The summed E-state index contributed by atoms with van der Waals surface area (Å²) in [5.74, 6) is 0.786. The Morgan fingerprint density at radius 1 is 1.25 bits per heavy atom. The Hall–Kier alpha value is -1.42. The number of nitro groups is 1. The van der Waals surface area contributed by atoms with Crippen molar-refractivity contribution < 1.29 is 10.0 Å². The summed E-state index contributed by atoms with van der Waals surface area (Å²) in [5.41, 5.74) is 0.998. The van der Waals surface area contributed by atoms with Gasteiger partial charge < -0.3 is 5.11 Å². The zero-order valence-corrected chi connectivity index (χ0v) is 12.4. The fourth-order valence-electron chi connectivity index (χ4n) is 3.42. The van der Waals surface area contributed by atoms with Crippen molar-refractivity contribution in [2.75, 3.05) is 0 Å². The molecule has 1 aromatic rings. The number of benzene rings is 1. The summed E-state index contributed by atoms with van der Waals surface area (Å²) < 4.78 is 0. The quantitative estimate of drug-likeness (QED) is 0.677. The lowest BCUT2D eigenvalue weighted by Crippen LogP contribution is -2.41. The Morgan fingerprint density at radius 3 is 2.35 bits per heavy atom. The summed E-state index contributed by atoms with van der Waals surface area (Å²) >= 11 is 0.